The zero-order valence-corrected chi connectivity index (χ0v) is 12.6. The first-order valence-electron chi connectivity index (χ1n) is 7.31. The summed E-state index contributed by atoms with van der Waals surface area (Å²) in [5.41, 5.74) is 0.864. The number of carbonyl (C=O) groups excluding carboxylic acids is 1. The maximum atomic E-state index is 13.7. The molecule has 120 valence electrons. The van der Waals surface area contributed by atoms with Gasteiger partial charge < -0.3 is 15.4 Å². The molecule has 0 atom stereocenters. The summed E-state index contributed by atoms with van der Waals surface area (Å²) >= 11 is 0. The van der Waals surface area contributed by atoms with Crippen LogP contribution in [0.3, 0.4) is 0 Å². The van der Waals surface area contributed by atoms with E-state index in [9.17, 15) is 9.18 Å². The van der Waals surface area contributed by atoms with Gasteiger partial charge in [-0.05, 0) is 35.2 Å². The van der Waals surface area contributed by atoms with Gasteiger partial charge in [-0.15, -0.1) is 0 Å². The molecule has 0 saturated carbocycles. The zero-order valence-electron chi connectivity index (χ0n) is 12.6. The highest BCUT2D eigenvalue weighted by Crippen LogP contribution is 2.18. The number of rotatable bonds is 4. The molecular weight excluding hydrogens is 310 g/mol. The minimum atomic E-state index is -1.88. The van der Waals surface area contributed by atoms with Crippen molar-refractivity contribution >= 4 is 34.9 Å². The highest BCUT2D eigenvalue weighted by atomic mass is 19.1. The maximum absolute atomic E-state index is 13.7. The first-order chi connectivity index (χ1) is 11.5. The monoisotopic (exact) mass is 324 g/mol. The number of hydrogen-bond donors (Lipinski definition) is 3. The number of halogens is 1. The van der Waals surface area contributed by atoms with Crippen LogP contribution in [0, 0.1) is 5.82 Å². The highest BCUT2D eigenvalue weighted by Gasteiger charge is 2.17. The minimum absolute atomic E-state index is 0.0207. The topological polar surface area (TPSA) is 82.5 Å². The third-order valence-electron chi connectivity index (χ3n) is 3.63. The molecule has 0 aliphatic carbocycles. The van der Waals surface area contributed by atoms with E-state index in [0.29, 0.717) is 11.3 Å². The molecule has 0 radical (unpaired) electrons. The van der Waals surface area contributed by atoms with Crippen LogP contribution in [0.2, 0.25) is 0 Å². The van der Waals surface area contributed by atoms with Crippen molar-refractivity contribution in [2.75, 3.05) is 5.32 Å². The highest BCUT2D eigenvalue weighted by molar-refractivity contribution is 6.58. The lowest BCUT2D eigenvalue weighted by molar-refractivity contribution is -0.115. The first-order valence-corrected chi connectivity index (χ1v) is 7.31. The lowest BCUT2D eigenvalue weighted by atomic mass is 9.79. The summed E-state index contributed by atoms with van der Waals surface area (Å²) in [6.45, 7) is 0. The van der Waals surface area contributed by atoms with Crippen molar-refractivity contribution in [3.8, 4) is 0 Å². The molecule has 0 saturated heterocycles. The van der Waals surface area contributed by atoms with Gasteiger partial charge >= 0.3 is 7.12 Å². The Bertz CT molecular complexity index is 902. The molecule has 1 aromatic heterocycles. The van der Waals surface area contributed by atoms with Crippen molar-refractivity contribution in [3.05, 3.63) is 66.2 Å². The maximum Gasteiger partial charge on any atom is 0.491 e. The average Bonchev–Trinajstić information content (AvgIpc) is 2.54. The Balaban J connectivity index is 1.71. The zero-order chi connectivity index (χ0) is 17.1. The Morgan fingerprint density at radius 1 is 1.12 bits per heavy atom. The molecule has 0 aliphatic rings. The van der Waals surface area contributed by atoms with Crippen LogP contribution in [0.4, 0.5) is 10.1 Å². The van der Waals surface area contributed by atoms with Gasteiger partial charge in [0.25, 0.3) is 0 Å². The standard InChI is InChI=1S/C17H14BFN2O3/c19-16-7-11(1-4-15(16)18(23)24)8-17(22)21-14-3-2-13-10-20-6-5-12(13)9-14/h1-7,9-10,23-24H,8H2,(H,21,22). The number of nitrogens with one attached hydrogen (secondary N) is 1. The number of pyridine rings is 1. The van der Waals surface area contributed by atoms with Gasteiger partial charge in [0, 0.05) is 28.9 Å². The number of hydrogen-bond acceptors (Lipinski definition) is 4. The Labute approximate surface area is 137 Å². The van der Waals surface area contributed by atoms with Gasteiger partial charge in [-0.25, -0.2) is 4.39 Å². The van der Waals surface area contributed by atoms with E-state index in [1.807, 2.05) is 18.2 Å². The van der Waals surface area contributed by atoms with Gasteiger partial charge in [-0.3, -0.25) is 9.78 Å². The number of carbonyl (C=O) groups is 1. The average molecular weight is 324 g/mol. The SMILES string of the molecule is O=C(Cc1ccc(B(O)O)c(F)c1)Nc1ccc2cnccc2c1. The van der Waals surface area contributed by atoms with Crippen molar-refractivity contribution in [1.82, 2.24) is 4.98 Å². The van der Waals surface area contributed by atoms with Gasteiger partial charge in [0.05, 0.1) is 6.42 Å². The lowest BCUT2D eigenvalue weighted by Crippen LogP contribution is -2.32. The lowest BCUT2D eigenvalue weighted by Gasteiger charge is -2.08. The molecule has 24 heavy (non-hydrogen) atoms. The molecule has 0 fully saturated rings. The van der Waals surface area contributed by atoms with Crippen molar-refractivity contribution in [1.29, 1.82) is 0 Å². The van der Waals surface area contributed by atoms with E-state index in [4.69, 9.17) is 10.0 Å². The van der Waals surface area contributed by atoms with Crippen LogP contribution in [-0.4, -0.2) is 28.1 Å². The fraction of sp³-hybridized carbons (Fsp3) is 0.0588. The third kappa shape index (κ3) is 3.59. The Morgan fingerprint density at radius 3 is 2.71 bits per heavy atom. The van der Waals surface area contributed by atoms with Crippen molar-refractivity contribution in [3.63, 3.8) is 0 Å². The predicted molar refractivity (Wildman–Crippen MR) is 90.3 cm³/mol. The molecule has 7 heteroatoms. The first kappa shape index (κ1) is 16.1. The van der Waals surface area contributed by atoms with Crippen LogP contribution in [0.1, 0.15) is 5.56 Å². The number of anilines is 1. The molecule has 0 unspecified atom stereocenters. The minimum Gasteiger partial charge on any atom is -0.423 e. The van der Waals surface area contributed by atoms with Crippen LogP contribution in [0.25, 0.3) is 10.8 Å². The molecule has 3 rings (SSSR count). The summed E-state index contributed by atoms with van der Waals surface area (Å²) in [6, 6.07) is 11.2. The van der Waals surface area contributed by atoms with Crippen LogP contribution in [0.15, 0.2) is 54.9 Å². The van der Waals surface area contributed by atoms with Crippen LogP contribution >= 0.6 is 0 Å². The molecular formula is C17H14BFN2O3. The summed E-state index contributed by atoms with van der Waals surface area (Å²) in [7, 11) is -1.88. The molecule has 3 N–H and O–H groups in total. The largest absolute Gasteiger partial charge is 0.491 e. The van der Waals surface area contributed by atoms with E-state index >= 15 is 0 Å². The summed E-state index contributed by atoms with van der Waals surface area (Å²) in [4.78, 5) is 16.1. The fourth-order valence-corrected chi connectivity index (χ4v) is 2.44. The summed E-state index contributed by atoms with van der Waals surface area (Å²) < 4.78 is 13.7. The van der Waals surface area contributed by atoms with Gasteiger partial charge in [0.15, 0.2) is 0 Å². The fourth-order valence-electron chi connectivity index (χ4n) is 2.44. The van der Waals surface area contributed by atoms with E-state index in [0.717, 1.165) is 16.8 Å². The second-order valence-electron chi connectivity index (χ2n) is 5.39. The van der Waals surface area contributed by atoms with Gasteiger partial charge in [0.1, 0.15) is 5.82 Å². The van der Waals surface area contributed by atoms with E-state index in [2.05, 4.69) is 10.3 Å². The van der Waals surface area contributed by atoms with E-state index in [1.165, 1.54) is 12.1 Å². The Kier molecular flexibility index (Phi) is 4.55. The van der Waals surface area contributed by atoms with E-state index in [1.54, 1.807) is 18.5 Å². The van der Waals surface area contributed by atoms with Crippen molar-refractivity contribution in [2.24, 2.45) is 0 Å². The summed E-state index contributed by atoms with van der Waals surface area (Å²) in [6.07, 6.45) is 3.39. The number of fused-ring (bicyclic) bond motifs is 1. The second kappa shape index (κ2) is 6.78. The Morgan fingerprint density at radius 2 is 1.96 bits per heavy atom. The number of amides is 1. The molecule has 3 aromatic rings. The molecule has 1 heterocycles. The van der Waals surface area contributed by atoms with Crippen LogP contribution < -0.4 is 10.8 Å². The quantitative estimate of drug-likeness (QED) is 0.631. The molecule has 0 bridgehead atoms. The second-order valence-corrected chi connectivity index (χ2v) is 5.39. The van der Waals surface area contributed by atoms with Gasteiger partial charge in [-0.1, -0.05) is 18.2 Å². The molecule has 2 aromatic carbocycles. The summed E-state index contributed by atoms with van der Waals surface area (Å²) in [5.74, 6) is -1.05. The molecule has 1 amide bonds. The van der Waals surface area contributed by atoms with Gasteiger partial charge in [0.2, 0.25) is 5.91 Å². The smallest absolute Gasteiger partial charge is 0.423 e. The predicted octanol–water partition coefficient (Wildman–Crippen LogP) is 1.23. The number of nitrogens with zero attached hydrogens (tertiary/aromatic N) is 1. The normalized spacial score (nSPS) is 10.6. The third-order valence-corrected chi connectivity index (χ3v) is 3.63. The van der Waals surface area contributed by atoms with E-state index in [-0.39, 0.29) is 17.8 Å². The van der Waals surface area contributed by atoms with Crippen LogP contribution in [0.5, 0.6) is 0 Å². The van der Waals surface area contributed by atoms with E-state index < -0.39 is 12.9 Å². The molecule has 0 spiro atoms. The number of benzene rings is 2. The molecule has 5 nitrogen and oxygen atoms in total. The van der Waals surface area contributed by atoms with Crippen molar-refractivity contribution in [2.45, 2.75) is 6.42 Å². The Hall–Kier alpha value is -2.77. The van der Waals surface area contributed by atoms with Gasteiger partial charge in [-0.2, -0.15) is 0 Å². The van der Waals surface area contributed by atoms with Crippen LogP contribution in [-0.2, 0) is 11.2 Å². The number of aromatic nitrogens is 1. The van der Waals surface area contributed by atoms with Crippen molar-refractivity contribution < 1.29 is 19.2 Å². The molecule has 0 aliphatic heterocycles. The summed E-state index contributed by atoms with van der Waals surface area (Å²) in [5, 5.41) is 22.7.